The summed E-state index contributed by atoms with van der Waals surface area (Å²) in [4.78, 5) is 2.39. The summed E-state index contributed by atoms with van der Waals surface area (Å²) < 4.78 is 0. The van der Waals surface area contributed by atoms with Crippen LogP contribution in [0.15, 0.2) is 18.2 Å². The topological polar surface area (TPSA) is 39.1 Å². The van der Waals surface area contributed by atoms with Gasteiger partial charge in [-0.1, -0.05) is 12.1 Å². The quantitative estimate of drug-likeness (QED) is 0.842. The Labute approximate surface area is 103 Å². The van der Waals surface area contributed by atoms with Crippen molar-refractivity contribution in [2.75, 3.05) is 25.5 Å². The second-order valence-electron chi connectivity index (χ2n) is 4.75. The van der Waals surface area contributed by atoms with Gasteiger partial charge in [-0.3, -0.25) is 0 Å². The number of aryl methyl sites for hydroxylation is 1. The summed E-state index contributed by atoms with van der Waals surface area (Å²) in [5.74, 6) is 0. The van der Waals surface area contributed by atoms with Gasteiger partial charge in [0.25, 0.3) is 0 Å². The van der Waals surface area contributed by atoms with Crippen molar-refractivity contribution in [1.29, 1.82) is 5.26 Å². The zero-order valence-corrected chi connectivity index (χ0v) is 10.5. The molecule has 0 saturated heterocycles. The highest BCUT2D eigenvalue weighted by molar-refractivity contribution is 5.62. The fourth-order valence-electron chi connectivity index (χ4n) is 2.05. The van der Waals surface area contributed by atoms with Crippen molar-refractivity contribution in [3.05, 3.63) is 29.3 Å². The molecule has 1 aliphatic rings. The van der Waals surface area contributed by atoms with Crippen LogP contribution in [0.4, 0.5) is 5.69 Å². The van der Waals surface area contributed by atoms with Gasteiger partial charge in [0, 0.05) is 19.1 Å². The second kappa shape index (κ2) is 5.20. The Morgan fingerprint density at radius 1 is 1.47 bits per heavy atom. The standard InChI is InChI=1S/C14H19N3/c1-11-4-3-5-12(10-15)14(11)16-8-9-17(2)13-6-7-13/h3-5,13,16H,6-9H2,1-2H3. The molecular formula is C14H19N3. The minimum atomic E-state index is 0.735. The number of hydrogen-bond donors (Lipinski definition) is 1. The highest BCUT2D eigenvalue weighted by atomic mass is 15.2. The van der Waals surface area contributed by atoms with E-state index in [-0.39, 0.29) is 0 Å². The molecule has 0 atom stereocenters. The SMILES string of the molecule is Cc1cccc(C#N)c1NCCN(C)C1CC1. The van der Waals surface area contributed by atoms with Crippen molar-refractivity contribution >= 4 is 5.69 Å². The smallest absolute Gasteiger partial charge is 0.101 e. The zero-order chi connectivity index (χ0) is 12.3. The minimum absolute atomic E-state index is 0.735. The van der Waals surface area contributed by atoms with Gasteiger partial charge in [0.15, 0.2) is 0 Å². The number of likely N-dealkylation sites (N-methyl/N-ethyl adjacent to an activating group) is 1. The summed E-state index contributed by atoms with van der Waals surface area (Å²) in [5.41, 5.74) is 2.86. The lowest BCUT2D eigenvalue weighted by Crippen LogP contribution is -2.27. The highest BCUT2D eigenvalue weighted by Gasteiger charge is 2.25. The van der Waals surface area contributed by atoms with Crippen molar-refractivity contribution in [2.45, 2.75) is 25.8 Å². The van der Waals surface area contributed by atoms with E-state index >= 15 is 0 Å². The van der Waals surface area contributed by atoms with Gasteiger partial charge in [-0.15, -0.1) is 0 Å². The molecule has 1 aromatic carbocycles. The molecule has 0 aliphatic heterocycles. The van der Waals surface area contributed by atoms with Crippen LogP contribution in [-0.2, 0) is 0 Å². The number of para-hydroxylation sites is 1. The molecule has 3 nitrogen and oxygen atoms in total. The highest BCUT2D eigenvalue weighted by Crippen LogP contribution is 2.25. The third-order valence-corrected chi connectivity index (χ3v) is 3.33. The summed E-state index contributed by atoms with van der Waals surface area (Å²) in [7, 11) is 2.17. The van der Waals surface area contributed by atoms with Crippen LogP contribution in [0.1, 0.15) is 24.0 Å². The predicted molar refractivity (Wildman–Crippen MR) is 70.0 cm³/mol. The molecule has 1 saturated carbocycles. The van der Waals surface area contributed by atoms with E-state index in [0.717, 1.165) is 35.9 Å². The Hall–Kier alpha value is -1.53. The number of nitrogens with one attached hydrogen (secondary N) is 1. The van der Waals surface area contributed by atoms with Crippen molar-refractivity contribution in [2.24, 2.45) is 0 Å². The number of benzene rings is 1. The average molecular weight is 229 g/mol. The van der Waals surface area contributed by atoms with Gasteiger partial charge in [-0.2, -0.15) is 5.26 Å². The molecule has 0 radical (unpaired) electrons. The summed E-state index contributed by atoms with van der Waals surface area (Å²) >= 11 is 0. The van der Waals surface area contributed by atoms with Gasteiger partial charge < -0.3 is 10.2 Å². The molecule has 0 aromatic heterocycles. The van der Waals surface area contributed by atoms with Crippen LogP contribution in [0.3, 0.4) is 0 Å². The van der Waals surface area contributed by atoms with Gasteiger partial charge in [0.05, 0.1) is 11.3 Å². The lowest BCUT2D eigenvalue weighted by molar-refractivity contribution is 0.337. The molecule has 1 fully saturated rings. The Balaban J connectivity index is 1.91. The Kier molecular flexibility index (Phi) is 3.65. The molecule has 0 heterocycles. The molecule has 1 aliphatic carbocycles. The summed E-state index contributed by atoms with van der Waals surface area (Å²) in [6.07, 6.45) is 2.68. The number of nitriles is 1. The maximum absolute atomic E-state index is 9.05. The van der Waals surface area contributed by atoms with Crippen LogP contribution >= 0.6 is 0 Å². The van der Waals surface area contributed by atoms with Gasteiger partial charge in [-0.05, 0) is 38.4 Å². The first-order valence-electron chi connectivity index (χ1n) is 6.16. The number of anilines is 1. The van der Waals surface area contributed by atoms with Gasteiger partial charge in [0.1, 0.15) is 6.07 Å². The Morgan fingerprint density at radius 3 is 2.88 bits per heavy atom. The number of rotatable bonds is 5. The Morgan fingerprint density at radius 2 is 2.24 bits per heavy atom. The zero-order valence-electron chi connectivity index (χ0n) is 10.5. The van der Waals surface area contributed by atoms with E-state index in [9.17, 15) is 0 Å². The van der Waals surface area contributed by atoms with E-state index in [1.165, 1.54) is 12.8 Å². The number of hydrogen-bond acceptors (Lipinski definition) is 3. The van der Waals surface area contributed by atoms with Crippen LogP contribution in [-0.4, -0.2) is 31.1 Å². The fraction of sp³-hybridized carbons (Fsp3) is 0.500. The molecule has 2 rings (SSSR count). The molecule has 1 N–H and O–H groups in total. The summed E-state index contributed by atoms with van der Waals surface area (Å²) in [6.45, 7) is 3.96. The van der Waals surface area contributed by atoms with E-state index in [0.29, 0.717) is 0 Å². The van der Waals surface area contributed by atoms with E-state index in [1.54, 1.807) is 0 Å². The molecule has 0 unspecified atom stereocenters. The van der Waals surface area contributed by atoms with Crippen LogP contribution < -0.4 is 5.32 Å². The molecule has 3 heteroatoms. The molecule has 0 bridgehead atoms. The van der Waals surface area contributed by atoms with E-state index in [1.807, 2.05) is 25.1 Å². The summed E-state index contributed by atoms with van der Waals surface area (Å²) in [5, 5.41) is 12.4. The monoisotopic (exact) mass is 229 g/mol. The molecule has 0 spiro atoms. The first-order valence-corrected chi connectivity index (χ1v) is 6.16. The first-order chi connectivity index (χ1) is 8.22. The van der Waals surface area contributed by atoms with Gasteiger partial charge >= 0.3 is 0 Å². The van der Waals surface area contributed by atoms with Crippen LogP contribution in [0.5, 0.6) is 0 Å². The lowest BCUT2D eigenvalue weighted by atomic mass is 10.1. The average Bonchev–Trinajstić information content (AvgIpc) is 3.14. The largest absolute Gasteiger partial charge is 0.382 e. The van der Waals surface area contributed by atoms with Crippen molar-refractivity contribution < 1.29 is 0 Å². The third kappa shape index (κ3) is 2.98. The van der Waals surface area contributed by atoms with E-state index in [4.69, 9.17) is 5.26 Å². The fourth-order valence-corrected chi connectivity index (χ4v) is 2.05. The van der Waals surface area contributed by atoms with E-state index in [2.05, 4.69) is 23.3 Å². The van der Waals surface area contributed by atoms with Gasteiger partial charge in [-0.25, -0.2) is 0 Å². The Bertz CT molecular complexity index is 430. The maximum atomic E-state index is 9.05. The van der Waals surface area contributed by atoms with Gasteiger partial charge in [0.2, 0.25) is 0 Å². The first kappa shape index (κ1) is 11.9. The predicted octanol–water partition coefficient (Wildman–Crippen LogP) is 2.37. The normalized spacial score (nSPS) is 14.7. The van der Waals surface area contributed by atoms with E-state index < -0.39 is 0 Å². The van der Waals surface area contributed by atoms with Crippen LogP contribution in [0.25, 0.3) is 0 Å². The van der Waals surface area contributed by atoms with Crippen LogP contribution in [0, 0.1) is 18.3 Å². The molecule has 90 valence electrons. The second-order valence-corrected chi connectivity index (χ2v) is 4.75. The molecule has 0 amide bonds. The molecule has 17 heavy (non-hydrogen) atoms. The summed E-state index contributed by atoms with van der Waals surface area (Å²) in [6, 6.07) is 8.85. The molecular weight excluding hydrogens is 210 g/mol. The van der Waals surface area contributed by atoms with Crippen LogP contribution in [0.2, 0.25) is 0 Å². The van der Waals surface area contributed by atoms with Crippen molar-refractivity contribution in [1.82, 2.24) is 4.90 Å². The maximum Gasteiger partial charge on any atom is 0.101 e. The minimum Gasteiger partial charge on any atom is -0.382 e. The lowest BCUT2D eigenvalue weighted by Gasteiger charge is -2.17. The molecule has 1 aromatic rings. The third-order valence-electron chi connectivity index (χ3n) is 3.33. The van der Waals surface area contributed by atoms with Crippen molar-refractivity contribution in [3.63, 3.8) is 0 Å². The van der Waals surface area contributed by atoms with Crippen molar-refractivity contribution in [3.8, 4) is 6.07 Å². The number of nitrogens with zero attached hydrogens (tertiary/aromatic N) is 2.